The summed E-state index contributed by atoms with van der Waals surface area (Å²) in [6.45, 7) is 0. The fourth-order valence-corrected chi connectivity index (χ4v) is 18.9. The van der Waals surface area contributed by atoms with E-state index in [1.165, 1.54) is 27.8 Å². The van der Waals surface area contributed by atoms with Gasteiger partial charge in [-0.3, -0.25) is 0 Å². The van der Waals surface area contributed by atoms with Crippen molar-refractivity contribution < 1.29 is 14.9 Å². The van der Waals surface area contributed by atoms with Gasteiger partial charge in [-0.1, -0.05) is 0 Å². The summed E-state index contributed by atoms with van der Waals surface area (Å²) in [6.07, 6.45) is 7.60. The molecule has 2 aromatic rings. The molecule has 0 N–H and O–H groups in total. The molecule has 0 aromatic heterocycles. The molecule has 5 rings (SSSR count). The maximum absolute atomic E-state index is 7.41. The van der Waals surface area contributed by atoms with Crippen LogP contribution in [0.3, 0.4) is 0 Å². The first-order valence-corrected chi connectivity index (χ1v) is 23.1. The fraction of sp³-hybridized carbons (Fsp3) is 0.200. The molecule has 0 nitrogen and oxygen atoms in total. The Hall–Kier alpha value is 0.563. The monoisotopic (exact) mass is 559 g/mol. The third kappa shape index (κ3) is 2.66. The molecule has 1 saturated heterocycles. The van der Waals surface area contributed by atoms with Crippen molar-refractivity contribution in [2.24, 2.45) is 0 Å². The first-order valence-electron chi connectivity index (χ1n) is 8.56. The summed E-state index contributed by atoms with van der Waals surface area (Å²) < 4.78 is 2.49. The zero-order valence-corrected chi connectivity index (χ0v) is 21.0. The van der Waals surface area contributed by atoms with E-state index in [9.17, 15) is 0 Å². The van der Waals surface area contributed by atoms with Gasteiger partial charge < -0.3 is 0 Å². The van der Waals surface area contributed by atoms with Gasteiger partial charge in [0.2, 0.25) is 0 Å². The number of hydrogen-bond donors (Lipinski definition) is 1. The normalized spacial score (nSPS) is 24.6. The van der Waals surface area contributed by atoms with Gasteiger partial charge >= 0.3 is 180 Å². The summed E-state index contributed by atoms with van der Waals surface area (Å²) in [5.41, 5.74) is 6.48. The topological polar surface area (TPSA) is 0 Å². The van der Waals surface area contributed by atoms with Crippen molar-refractivity contribution in [2.75, 3.05) is 5.75 Å². The molecule has 2 aromatic carbocycles. The van der Waals surface area contributed by atoms with Gasteiger partial charge in [-0.25, -0.2) is 0 Å². The Morgan fingerprint density at radius 3 is 2.73 bits per heavy atom. The number of fused-ring (bicyclic) bond motifs is 4. The first kappa shape index (κ1) is 18.6. The number of thiol groups is 1. The Kier molecular flexibility index (Phi) is 4.49. The van der Waals surface area contributed by atoms with Gasteiger partial charge in [0.05, 0.1) is 0 Å². The Balaban J connectivity index is 1.76. The zero-order chi connectivity index (χ0) is 18.1. The predicted octanol–water partition coefficient (Wildman–Crippen LogP) is 6.00. The number of alkyl halides is 1. The van der Waals surface area contributed by atoms with E-state index in [1.807, 2.05) is 11.8 Å². The SMILES string of the molecule is [SH][Zr]([Cl])([Cl])([c]1cccc2c1C=CC2)[c]1cccc2c1C1C(=C2)CSC1Br. The minimum atomic E-state index is -4.72. The molecule has 3 aliphatic rings. The van der Waals surface area contributed by atoms with E-state index < -0.39 is 14.9 Å². The summed E-state index contributed by atoms with van der Waals surface area (Å²) in [6, 6.07) is 12.7. The molecule has 0 saturated carbocycles. The Morgan fingerprint density at radius 2 is 1.88 bits per heavy atom. The van der Waals surface area contributed by atoms with Gasteiger partial charge in [-0.2, -0.15) is 0 Å². The molecule has 1 fully saturated rings. The van der Waals surface area contributed by atoms with Gasteiger partial charge in [0.1, 0.15) is 0 Å². The Bertz CT molecular complexity index is 1010. The molecule has 2 aliphatic carbocycles. The summed E-state index contributed by atoms with van der Waals surface area (Å²) in [5, 5.41) is 0. The molecule has 2 atom stereocenters. The molecule has 6 heteroatoms. The van der Waals surface area contributed by atoms with E-state index in [2.05, 4.69) is 70.6 Å². The summed E-state index contributed by atoms with van der Waals surface area (Å²) >= 11 is 1.08. The van der Waals surface area contributed by atoms with Crippen LogP contribution in [0.1, 0.15) is 28.2 Å². The van der Waals surface area contributed by atoms with Crippen molar-refractivity contribution in [3.63, 3.8) is 0 Å². The van der Waals surface area contributed by atoms with Gasteiger partial charge in [0.25, 0.3) is 0 Å². The standard InChI is InChI=1S/C11H8BrS.C9H7.2ClH.H2S.Zr/c12-11-10-8(6-13-11)5-7-3-1-2-4-9(7)10;1-2-5-9-7-3-6-8(9)4-1;;;;/h1-3,5,10-11H,6H2;1-4,7H,6H2;2*1H;1H2;/q;;;;;+3/p-3. The molecular formula is C20H16BrCl2S2Zr. The first-order chi connectivity index (χ1) is 12.4. The van der Waals surface area contributed by atoms with Crippen LogP contribution in [0.5, 0.6) is 0 Å². The van der Waals surface area contributed by atoms with Crippen LogP contribution in [0.4, 0.5) is 0 Å². The van der Waals surface area contributed by atoms with Crippen LogP contribution in [0.15, 0.2) is 48.0 Å². The second-order valence-electron chi connectivity index (χ2n) is 7.12. The van der Waals surface area contributed by atoms with Crippen molar-refractivity contribution in [2.45, 2.75) is 16.5 Å². The molecule has 1 heterocycles. The molecule has 0 spiro atoms. The number of hydrogen-bond acceptors (Lipinski definition) is 2. The molecule has 0 radical (unpaired) electrons. The third-order valence-electron chi connectivity index (χ3n) is 5.60. The van der Waals surface area contributed by atoms with E-state index in [0.717, 1.165) is 18.7 Å². The van der Waals surface area contributed by atoms with Crippen LogP contribution in [0, 0.1) is 0 Å². The summed E-state index contributed by atoms with van der Waals surface area (Å²) in [4.78, 5) is 0. The van der Waals surface area contributed by atoms with E-state index in [1.54, 1.807) is 0 Å². The zero-order valence-electron chi connectivity index (χ0n) is 13.8. The van der Waals surface area contributed by atoms with Gasteiger partial charge in [-0.05, 0) is 0 Å². The number of thioether (sulfide) groups is 1. The quantitative estimate of drug-likeness (QED) is 0.346. The van der Waals surface area contributed by atoms with Crippen molar-refractivity contribution in [1.29, 1.82) is 0 Å². The third-order valence-corrected chi connectivity index (χ3v) is 22.3. The van der Waals surface area contributed by atoms with Crippen LogP contribution < -0.4 is 6.54 Å². The average molecular weight is 563 g/mol. The van der Waals surface area contributed by atoms with Gasteiger partial charge in [0.15, 0.2) is 0 Å². The number of allylic oxidation sites excluding steroid dienone is 1. The predicted molar refractivity (Wildman–Crippen MR) is 121 cm³/mol. The average Bonchev–Trinajstić information content (AvgIpc) is 3.29. The van der Waals surface area contributed by atoms with E-state index in [-0.39, 0.29) is 0 Å². The molecule has 26 heavy (non-hydrogen) atoms. The molecule has 0 amide bonds. The van der Waals surface area contributed by atoms with Crippen LogP contribution in [0.25, 0.3) is 12.2 Å². The van der Waals surface area contributed by atoms with E-state index >= 15 is 0 Å². The second kappa shape index (κ2) is 6.28. The Morgan fingerprint density at radius 1 is 1.12 bits per heavy atom. The second-order valence-corrected chi connectivity index (χ2v) is 35.7. The van der Waals surface area contributed by atoms with Crippen molar-refractivity contribution in [3.8, 4) is 0 Å². The summed E-state index contributed by atoms with van der Waals surface area (Å²) in [7, 11) is 20.0. The van der Waals surface area contributed by atoms with Crippen LogP contribution in [0.2, 0.25) is 0 Å². The number of halogens is 3. The van der Waals surface area contributed by atoms with Crippen molar-refractivity contribution >= 4 is 72.8 Å². The molecule has 0 bridgehead atoms. The Labute approximate surface area is 178 Å². The van der Waals surface area contributed by atoms with Gasteiger partial charge in [-0.15, -0.1) is 0 Å². The van der Waals surface area contributed by atoms with E-state index in [0.29, 0.717) is 10.1 Å². The van der Waals surface area contributed by atoms with Crippen molar-refractivity contribution in [1.82, 2.24) is 0 Å². The van der Waals surface area contributed by atoms with E-state index in [4.69, 9.17) is 26.4 Å². The van der Waals surface area contributed by atoms with Crippen LogP contribution in [-0.4, -0.2) is 9.91 Å². The molecule has 2 unspecified atom stereocenters. The number of benzene rings is 2. The number of rotatable bonds is 2. The summed E-state index contributed by atoms with van der Waals surface area (Å²) in [5.74, 6) is 1.40. The fourth-order valence-electron chi connectivity index (χ4n) is 4.41. The minimum absolute atomic E-state index is 0.344. The van der Waals surface area contributed by atoms with Gasteiger partial charge in [0, 0.05) is 0 Å². The van der Waals surface area contributed by atoms with Crippen molar-refractivity contribution in [3.05, 3.63) is 70.3 Å². The van der Waals surface area contributed by atoms with Crippen LogP contribution in [-0.2, 0) is 21.4 Å². The molecule has 1 aliphatic heterocycles. The maximum atomic E-state index is 7.41. The van der Waals surface area contributed by atoms with Crippen LogP contribution >= 0.6 is 54.1 Å². The molecular weight excluding hydrogens is 546 g/mol. The molecule has 133 valence electrons.